The van der Waals surface area contributed by atoms with Crippen LogP contribution in [0.5, 0.6) is 17.2 Å². The molecule has 0 aliphatic rings. The highest BCUT2D eigenvalue weighted by Crippen LogP contribution is 2.34. The van der Waals surface area contributed by atoms with Gasteiger partial charge in [0.2, 0.25) is 0 Å². The van der Waals surface area contributed by atoms with Gasteiger partial charge in [0.15, 0.2) is 11.9 Å². The van der Waals surface area contributed by atoms with Gasteiger partial charge in [0.25, 0.3) is 0 Å². The Bertz CT molecular complexity index is 1170. The zero-order valence-corrected chi connectivity index (χ0v) is 19.7. The van der Waals surface area contributed by atoms with Crippen LogP contribution in [-0.4, -0.2) is 23.9 Å². The predicted octanol–water partition coefficient (Wildman–Crippen LogP) is 7.52. The Morgan fingerprint density at radius 1 is 0.750 bits per heavy atom. The first-order valence-corrected chi connectivity index (χ1v) is 10.9. The second-order valence-electron chi connectivity index (χ2n) is 9.11. The van der Waals surface area contributed by atoms with E-state index in [-0.39, 0.29) is 22.6 Å². The Labute approximate surface area is 204 Å². The van der Waals surface area contributed by atoms with Gasteiger partial charge < -0.3 is 14.7 Å². The first-order chi connectivity index (χ1) is 16.6. The third-order valence-electron chi connectivity index (χ3n) is 5.13. The van der Waals surface area contributed by atoms with E-state index >= 15 is 0 Å². The maximum atomic E-state index is 13.1. The van der Waals surface area contributed by atoms with Crippen LogP contribution in [0.15, 0.2) is 72.8 Å². The van der Waals surface area contributed by atoms with Gasteiger partial charge in [-0.25, -0.2) is 5.06 Å². The van der Waals surface area contributed by atoms with Crippen LogP contribution in [-0.2, 0) is 11.6 Å². The molecule has 0 saturated heterocycles. The monoisotopic (exact) mass is 513 g/mol. The Morgan fingerprint density at radius 3 is 1.86 bits per heavy atom. The molecule has 0 spiro atoms. The number of hydroxylamine groups is 1. The summed E-state index contributed by atoms with van der Waals surface area (Å²) < 4.78 is 84.4. The number of benzene rings is 3. The van der Waals surface area contributed by atoms with E-state index in [2.05, 4.69) is 0 Å². The van der Waals surface area contributed by atoms with Gasteiger partial charge in [-0.05, 0) is 53.4 Å². The number of aliphatic hydroxyl groups excluding tert-OH is 1. The maximum absolute atomic E-state index is 13.1. The van der Waals surface area contributed by atoms with Gasteiger partial charge in [0.1, 0.15) is 11.5 Å². The second kappa shape index (κ2) is 10.3. The molecular formula is C26H25F6NO3. The molecule has 0 aliphatic heterocycles. The minimum atomic E-state index is -4.98. The van der Waals surface area contributed by atoms with Crippen molar-refractivity contribution in [2.24, 2.45) is 0 Å². The summed E-state index contributed by atoms with van der Waals surface area (Å²) in [5.41, 5.74) is -0.156. The number of hydrogen-bond acceptors (Lipinski definition) is 4. The summed E-state index contributed by atoms with van der Waals surface area (Å²) in [6.07, 6.45) is -12.5. The fourth-order valence-corrected chi connectivity index (χ4v) is 3.18. The smallest absolute Gasteiger partial charge is 0.416 e. The van der Waals surface area contributed by atoms with Gasteiger partial charge in [-0.3, -0.25) is 0 Å². The summed E-state index contributed by atoms with van der Waals surface area (Å²) >= 11 is 0. The molecule has 0 fully saturated rings. The zero-order chi connectivity index (χ0) is 26.7. The maximum Gasteiger partial charge on any atom is 0.416 e. The SMILES string of the molecule is CC(C)(C)c1cccc(Oc2cccc(N(C[C@H](O)C(F)(F)F)Oc3cccc(C(F)(F)F)c3)c2)c1. The lowest BCUT2D eigenvalue weighted by Gasteiger charge is -2.28. The van der Waals surface area contributed by atoms with Gasteiger partial charge >= 0.3 is 12.4 Å². The quantitative estimate of drug-likeness (QED) is 0.262. The van der Waals surface area contributed by atoms with Gasteiger partial charge in [-0.1, -0.05) is 45.0 Å². The van der Waals surface area contributed by atoms with Gasteiger partial charge in [-0.2, -0.15) is 26.3 Å². The van der Waals surface area contributed by atoms with Crippen molar-refractivity contribution >= 4 is 5.69 Å². The molecule has 0 radical (unpaired) electrons. The highest BCUT2D eigenvalue weighted by Gasteiger charge is 2.40. The molecule has 10 heteroatoms. The Kier molecular flexibility index (Phi) is 7.78. The predicted molar refractivity (Wildman–Crippen MR) is 123 cm³/mol. The Morgan fingerprint density at radius 2 is 1.28 bits per heavy atom. The molecule has 1 N–H and O–H groups in total. The van der Waals surface area contributed by atoms with Crippen molar-refractivity contribution in [3.63, 3.8) is 0 Å². The minimum absolute atomic E-state index is 0.0280. The van der Waals surface area contributed by atoms with Gasteiger partial charge in [0, 0.05) is 6.07 Å². The van der Waals surface area contributed by atoms with E-state index in [1.54, 1.807) is 12.1 Å². The normalized spacial score (nSPS) is 13.3. The molecule has 0 heterocycles. The van der Waals surface area contributed by atoms with E-state index in [9.17, 15) is 31.4 Å². The van der Waals surface area contributed by atoms with Crippen molar-refractivity contribution in [3.8, 4) is 17.2 Å². The van der Waals surface area contributed by atoms with Crippen LogP contribution >= 0.6 is 0 Å². The van der Waals surface area contributed by atoms with Crippen LogP contribution in [0, 0.1) is 0 Å². The van der Waals surface area contributed by atoms with E-state index in [0.29, 0.717) is 16.9 Å². The summed E-state index contributed by atoms with van der Waals surface area (Å²) in [5, 5.41) is 10.3. The van der Waals surface area contributed by atoms with Gasteiger partial charge in [-0.15, -0.1) is 0 Å². The van der Waals surface area contributed by atoms with Crippen LogP contribution < -0.4 is 14.6 Å². The van der Waals surface area contributed by atoms with Crippen molar-refractivity contribution in [1.82, 2.24) is 0 Å². The van der Waals surface area contributed by atoms with E-state index < -0.39 is 30.6 Å². The molecule has 36 heavy (non-hydrogen) atoms. The molecule has 3 aromatic carbocycles. The number of nitrogens with zero attached hydrogens (tertiary/aromatic N) is 1. The number of hydrogen-bond donors (Lipinski definition) is 1. The summed E-state index contributed by atoms with van der Waals surface area (Å²) in [5.74, 6) is 0.376. The average Bonchev–Trinajstić information content (AvgIpc) is 2.77. The summed E-state index contributed by atoms with van der Waals surface area (Å²) in [6, 6.07) is 16.8. The van der Waals surface area contributed by atoms with Crippen LogP contribution in [0.2, 0.25) is 0 Å². The molecule has 0 amide bonds. The molecule has 3 rings (SSSR count). The van der Waals surface area contributed by atoms with Crippen LogP contribution in [0.4, 0.5) is 32.0 Å². The van der Waals surface area contributed by atoms with Crippen molar-refractivity contribution < 1.29 is 41.0 Å². The van der Waals surface area contributed by atoms with Crippen LogP contribution in [0.25, 0.3) is 0 Å². The topological polar surface area (TPSA) is 41.9 Å². The number of halogens is 6. The standard InChI is InChI=1S/C26H25F6NO3/c1-24(2,3)17-7-4-10-20(13-17)35-21-11-6-9-19(15-21)33(16-23(34)26(30,31)32)36-22-12-5-8-18(14-22)25(27,28)29/h4-15,23,34H,16H2,1-3H3/t23-/m0/s1. The fraction of sp³-hybridized carbons (Fsp3) is 0.308. The highest BCUT2D eigenvalue weighted by molar-refractivity contribution is 5.51. The van der Waals surface area contributed by atoms with Gasteiger partial charge in [0.05, 0.1) is 17.8 Å². The van der Waals surface area contributed by atoms with E-state index in [0.717, 1.165) is 17.7 Å². The zero-order valence-electron chi connectivity index (χ0n) is 19.7. The highest BCUT2D eigenvalue weighted by atomic mass is 19.4. The summed E-state index contributed by atoms with van der Waals surface area (Å²) in [4.78, 5) is 5.39. The lowest BCUT2D eigenvalue weighted by Crippen LogP contribution is -2.42. The number of ether oxygens (including phenoxy) is 1. The Hall–Kier alpha value is -3.40. The molecule has 3 aromatic rings. The molecule has 1 atom stereocenters. The molecule has 4 nitrogen and oxygen atoms in total. The lowest BCUT2D eigenvalue weighted by atomic mass is 9.87. The summed E-state index contributed by atoms with van der Waals surface area (Å²) in [6.45, 7) is 4.99. The summed E-state index contributed by atoms with van der Waals surface area (Å²) in [7, 11) is 0. The van der Waals surface area contributed by atoms with Crippen LogP contribution in [0.1, 0.15) is 31.9 Å². The van der Waals surface area contributed by atoms with Crippen LogP contribution in [0.3, 0.4) is 0 Å². The Balaban J connectivity index is 1.92. The van der Waals surface area contributed by atoms with E-state index in [1.807, 2.05) is 39.0 Å². The van der Waals surface area contributed by atoms with E-state index in [4.69, 9.17) is 9.57 Å². The van der Waals surface area contributed by atoms with Crippen molar-refractivity contribution in [2.75, 3.05) is 11.6 Å². The number of aliphatic hydroxyl groups is 1. The average molecular weight is 513 g/mol. The fourth-order valence-electron chi connectivity index (χ4n) is 3.18. The van der Waals surface area contributed by atoms with Crippen molar-refractivity contribution in [1.29, 1.82) is 0 Å². The largest absolute Gasteiger partial charge is 0.457 e. The third kappa shape index (κ3) is 7.30. The van der Waals surface area contributed by atoms with Crippen molar-refractivity contribution in [3.05, 3.63) is 83.9 Å². The first kappa shape index (κ1) is 27.2. The first-order valence-electron chi connectivity index (χ1n) is 10.9. The lowest BCUT2D eigenvalue weighted by molar-refractivity contribution is -0.202. The van der Waals surface area contributed by atoms with Crippen molar-refractivity contribution in [2.45, 2.75) is 44.6 Å². The molecule has 0 bridgehead atoms. The molecule has 194 valence electrons. The second-order valence-corrected chi connectivity index (χ2v) is 9.11. The number of alkyl halides is 6. The third-order valence-corrected chi connectivity index (χ3v) is 5.13. The minimum Gasteiger partial charge on any atom is -0.457 e. The molecular weight excluding hydrogens is 488 g/mol. The molecule has 0 unspecified atom stereocenters. The number of anilines is 1. The molecule has 0 aromatic heterocycles. The number of rotatable bonds is 7. The van der Waals surface area contributed by atoms with E-state index in [1.165, 1.54) is 24.3 Å². The molecule has 0 aliphatic carbocycles. The molecule has 0 saturated carbocycles.